The average molecular weight is 422 g/mol. The van der Waals surface area contributed by atoms with Crippen molar-refractivity contribution in [3.63, 3.8) is 0 Å². The van der Waals surface area contributed by atoms with Gasteiger partial charge in [0, 0.05) is 12.7 Å². The zero-order valence-corrected chi connectivity index (χ0v) is 15.6. The third-order valence-corrected chi connectivity index (χ3v) is 5.22. The molecular formula is C15H14ClF2N3O5S. The topological polar surface area (TPSA) is 107 Å². The van der Waals surface area contributed by atoms with Crippen LogP contribution >= 0.6 is 11.6 Å². The minimum atomic E-state index is -4.72. The first kappa shape index (κ1) is 20.8. The highest BCUT2D eigenvalue weighted by Crippen LogP contribution is 2.21. The number of rotatable bonds is 6. The summed E-state index contributed by atoms with van der Waals surface area (Å²) in [7, 11) is -3.18. The molecule has 1 amide bonds. The van der Waals surface area contributed by atoms with Gasteiger partial charge in [0.2, 0.25) is 9.84 Å². The van der Waals surface area contributed by atoms with Gasteiger partial charge in [0.05, 0.1) is 10.6 Å². The number of aromatic nitrogens is 2. The fourth-order valence-electron chi connectivity index (χ4n) is 2.09. The van der Waals surface area contributed by atoms with Gasteiger partial charge < -0.3 is 10.1 Å². The molecule has 27 heavy (non-hydrogen) atoms. The van der Waals surface area contributed by atoms with Crippen LogP contribution in [0, 0.1) is 6.92 Å². The van der Waals surface area contributed by atoms with Crippen LogP contribution in [0.2, 0.25) is 5.15 Å². The molecule has 0 saturated carbocycles. The maximum absolute atomic E-state index is 12.5. The number of alkyl halides is 2. The van der Waals surface area contributed by atoms with Crippen molar-refractivity contribution in [3.8, 4) is 0 Å². The Kier molecular flexibility index (Phi) is 6.16. The Balaban J connectivity index is 1.97. The van der Waals surface area contributed by atoms with Crippen LogP contribution < -0.4 is 5.32 Å². The molecule has 1 aromatic carbocycles. The second-order valence-corrected chi connectivity index (χ2v) is 7.60. The molecule has 0 bridgehead atoms. The van der Waals surface area contributed by atoms with Crippen molar-refractivity contribution in [2.24, 2.45) is 7.05 Å². The number of amides is 1. The van der Waals surface area contributed by atoms with Crippen LogP contribution in [-0.4, -0.2) is 42.4 Å². The normalized spacial score (nSPS) is 11.5. The summed E-state index contributed by atoms with van der Waals surface area (Å²) in [6.45, 7) is 0.915. The smallest absolute Gasteiger partial charge is 0.343 e. The molecular weight excluding hydrogens is 408 g/mol. The van der Waals surface area contributed by atoms with Crippen LogP contribution in [-0.2, 0) is 26.4 Å². The molecule has 1 aromatic heterocycles. The van der Waals surface area contributed by atoms with E-state index in [0.717, 1.165) is 24.3 Å². The molecule has 0 radical (unpaired) electrons. The summed E-state index contributed by atoms with van der Waals surface area (Å²) >= 11 is 5.92. The summed E-state index contributed by atoms with van der Waals surface area (Å²) in [6, 6.07) is 4.14. The lowest BCUT2D eigenvalue weighted by atomic mass is 10.3. The molecule has 0 aliphatic heterocycles. The second-order valence-electron chi connectivity index (χ2n) is 5.33. The van der Waals surface area contributed by atoms with Gasteiger partial charge in [-0.25, -0.2) is 13.2 Å². The lowest BCUT2D eigenvalue weighted by Gasteiger charge is -2.08. The minimum absolute atomic E-state index is 0.0357. The van der Waals surface area contributed by atoms with Crippen molar-refractivity contribution in [2.45, 2.75) is 17.6 Å². The van der Waals surface area contributed by atoms with Gasteiger partial charge in [0.15, 0.2) is 6.61 Å². The number of sulfone groups is 1. The SMILES string of the molecule is Cc1nn(C)c(Cl)c1C(=O)OCC(=O)Nc1ccc(S(=O)(=O)C(F)F)cc1. The number of carbonyl (C=O) groups excluding carboxylic acids is 2. The standard InChI is InChI=1S/C15H14ClF2N3O5S/c1-8-12(13(16)21(2)20-8)14(23)26-7-11(22)19-9-3-5-10(6-4-9)27(24,25)15(17)18/h3-6,15H,7H2,1-2H3,(H,19,22). The number of aryl methyl sites for hydroxylation is 2. The van der Waals surface area contributed by atoms with E-state index in [4.69, 9.17) is 16.3 Å². The minimum Gasteiger partial charge on any atom is -0.452 e. The third kappa shape index (κ3) is 4.61. The number of nitrogens with zero attached hydrogens (tertiary/aromatic N) is 2. The van der Waals surface area contributed by atoms with Crippen LogP contribution in [0.1, 0.15) is 16.1 Å². The Morgan fingerprint density at radius 2 is 1.89 bits per heavy atom. The van der Waals surface area contributed by atoms with Crippen LogP contribution in [0.4, 0.5) is 14.5 Å². The zero-order chi connectivity index (χ0) is 20.4. The van der Waals surface area contributed by atoms with E-state index in [9.17, 15) is 26.8 Å². The molecule has 8 nitrogen and oxygen atoms in total. The number of hydrogen-bond acceptors (Lipinski definition) is 6. The monoisotopic (exact) mass is 421 g/mol. The number of nitrogens with one attached hydrogen (secondary N) is 1. The number of ether oxygens (including phenoxy) is 1. The molecule has 2 rings (SSSR count). The van der Waals surface area contributed by atoms with E-state index in [1.807, 2.05) is 0 Å². The van der Waals surface area contributed by atoms with Crippen molar-refractivity contribution < 1.29 is 31.5 Å². The van der Waals surface area contributed by atoms with Crippen LogP contribution in [0.25, 0.3) is 0 Å². The highest BCUT2D eigenvalue weighted by atomic mass is 35.5. The molecule has 0 aliphatic carbocycles. The molecule has 0 saturated heterocycles. The van der Waals surface area contributed by atoms with E-state index in [1.165, 1.54) is 11.7 Å². The molecule has 146 valence electrons. The Morgan fingerprint density at radius 3 is 2.37 bits per heavy atom. The fourth-order valence-corrected chi connectivity index (χ4v) is 3.07. The first-order chi connectivity index (χ1) is 12.5. The molecule has 12 heteroatoms. The molecule has 0 aliphatic rings. The number of benzene rings is 1. The van der Waals surface area contributed by atoms with E-state index < -0.39 is 39.0 Å². The van der Waals surface area contributed by atoms with E-state index >= 15 is 0 Å². The van der Waals surface area contributed by atoms with E-state index in [0.29, 0.717) is 5.69 Å². The second kappa shape index (κ2) is 8.01. The molecule has 0 unspecified atom stereocenters. The number of carbonyl (C=O) groups is 2. The maximum atomic E-state index is 12.5. The molecule has 1 heterocycles. The number of anilines is 1. The summed E-state index contributed by atoms with van der Waals surface area (Å²) in [6.07, 6.45) is 0. The van der Waals surface area contributed by atoms with Gasteiger partial charge in [-0.2, -0.15) is 13.9 Å². The van der Waals surface area contributed by atoms with Crippen LogP contribution in [0.5, 0.6) is 0 Å². The quantitative estimate of drug-likeness (QED) is 0.716. The summed E-state index contributed by atoms with van der Waals surface area (Å²) in [5.74, 6) is -5.09. The van der Waals surface area contributed by atoms with Gasteiger partial charge in [0.1, 0.15) is 10.7 Å². The molecule has 0 fully saturated rings. The molecule has 0 spiro atoms. The zero-order valence-electron chi connectivity index (χ0n) is 14.1. The average Bonchev–Trinajstić information content (AvgIpc) is 2.85. The van der Waals surface area contributed by atoms with Crippen molar-refractivity contribution in [1.82, 2.24) is 9.78 Å². The molecule has 1 N–H and O–H groups in total. The Morgan fingerprint density at radius 1 is 1.30 bits per heavy atom. The lowest BCUT2D eigenvalue weighted by molar-refractivity contribution is -0.119. The number of hydrogen-bond donors (Lipinski definition) is 1. The number of halogens is 3. The van der Waals surface area contributed by atoms with Gasteiger partial charge in [0.25, 0.3) is 5.91 Å². The third-order valence-electron chi connectivity index (χ3n) is 3.39. The van der Waals surface area contributed by atoms with Crippen molar-refractivity contribution in [2.75, 3.05) is 11.9 Å². The first-order valence-corrected chi connectivity index (χ1v) is 9.24. The Labute approximate surface area is 158 Å². The number of esters is 1. The van der Waals surface area contributed by atoms with Crippen LogP contribution in [0.3, 0.4) is 0 Å². The summed E-state index contributed by atoms with van der Waals surface area (Å²) in [5, 5.41) is 6.35. The predicted molar refractivity (Wildman–Crippen MR) is 91.5 cm³/mol. The van der Waals surface area contributed by atoms with E-state index in [2.05, 4.69) is 10.4 Å². The van der Waals surface area contributed by atoms with E-state index in [-0.39, 0.29) is 16.4 Å². The maximum Gasteiger partial charge on any atom is 0.343 e. The van der Waals surface area contributed by atoms with Crippen molar-refractivity contribution in [1.29, 1.82) is 0 Å². The van der Waals surface area contributed by atoms with Gasteiger partial charge >= 0.3 is 11.7 Å². The highest BCUT2D eigenvalue weighted by molar-refractivity contribution is 7.91. The Hall–Kier alpha value is -2.53. The Bertz CT molecular complexity index is 974. The summed E-state index contributed by atoms with van der Waals surface area (Å²) in [4.78, 5) is 23.3. The summed E-state index contributed by atoms with van der Waals surface area (Å²) in [5.41, 5.74) is 0.511. The predicted octanol–water partition coefficient (Wildman–Crippen LogP) is 2.17. The largest absolute Gasteiger partial charge is 0.452 e. The van der Waals surface area contributed by atoms with Gasteiger partial charge in [-0.1, -0.05) is 11.6 Å². The van der Waals surface area contributed by atoms with Gasteiger partial charge in [-0.15, -0.1) is 0 Å². The van der Waals surface area contributed by atoms with Gasteiger partial charge in [-0.05, 0) is 31.2 Å². The first-order valence-electron chi connectivity index (χ1n) is 7.32. The lowest BCUT2D eigenvalue weighted by Crippen LogP contribution is -2.21. The van der Waals surface area contributed by atoms with Gasteiger partial charge in [-0.3, -0.25) is 9.48 Å². The fraction of sp³-hybridized carbons (Fsp3) is 0.267. The van der Waals surface area contributed by atoms with Crippen molar-refractivity contribution >= 4 is 39.0 Å². The van der Waals surface area contributed by atoms with E-state index in [1.54, 1.807) is 6.92 Å². The molecule has 2 aromatic rings. The van der Waals surface area contributed by atoms with Crippen molar-refractivity contribution in [3.05, 3.63) is 40.7 Å². The highest BCUT2D eigenvalue weighted by Gasteiger charge is 2.26. The summed E-state index contributed by atoms with van der Waals surface area (Å²) < 4.78 is 53.7. The van der Waals surface area contributed by atoms with Crippen LogP contribution in [0.15, 0.2) is 29.2 Å². The molecule has 0 atom stereocenters.